The monoisotopic (exact) mass is 467 g/mol. The molecule has 1 atom stereocenters. The number of hydrogen-bond acceptors (Lipinski definition) is 5. The van der Waals surface area contributed by atoms with E-state index in [-0.39, 0.29) is 16.8 Å². The van der Waals surface area contributed by atoms with Crippen molar-refractivity contribution in [1.82, 2.24) is 4.98 Å². The van der Waals surface area contributed by atoms with Crippen LogP contribution in [0.5, 0.6) is 0 Å². The van der Waals surface area contributed by atoms with Crippen molar-refractivity contribution in [2.45, 2.75) is 12.2 Å². The maximum absolute atomic E-state index is 13.4. The van der Waals surface area contributed by atoms with Crippen LogP contribution >= 0.6 is 0 Å². The Kier molecular flexibility index (Phi) is 5.87. The Morgan fingerprint density at radius 1 is 1.00 bits per heavy atom. The zero-order valence-corrected chi connectivity index (χ0v) is 18.2. The molecule has 0 saturated carbocycles. The number of aliphatic hydroxyl groups excluding tert-OH is 1. The molecule has 174 valence electrons. The molecular formula is C25H20F3N3O3. The van der Waals surface area contributed by atoms with Gasteiger partial charge in [0.15, 0.2) is 0 Å². The molecule has 9 heteroatoms. The van der Waals surface area contributed by atoms with E-state index in [1.54, 1.807) is 24.3 Å². The van der Waals surface area contributed by atoms with Crippen LogP contribution in [-0.2, 0) is 15.8 Å². The number of anilines is 2. The van der Waals surface area contributed by atoms with E-state index in [9.17, 15) is 27.9 Å². The standard InChI is InChI=1S/C25H20F3N3O3/c1-30(2)18-8-6-15(7-9-18)21-20(22(32)16-10-12-29-13-11-16)23(33)24(34)31(21)19-5-3-4-17(14-19)25(26,27)28/h3-14,21,32H,1-2H3/b22-20+. The summed E-state index contributed by atoms with van der Waals surface area (Å²) in [6.45, 7) is 0. The molecule has 6 nitrogen and oxygen atoms in total. The highest BCUT2D eigenvalue weighted by Crippen LogP contribution is 2.43. The second-order valence-electron chi connectivity index (χ2n) is 7.94. The van der Waals surface area contributed by atoms with Gasteiger partial charge >= 0.3 is 6.18 Å². The van der Waals surface area contributed by atoms with Crippen molar-refractivity contribution in [1.29, 1.82) is 0 Å². The van der Waals surface area contributed by atoms with Gasteiger partial charge in [0.05, 0.1) is 17.2 Å². The number of pyridine rings is 1. The van der Waals surface area contributed by atoms with Crippen LogP contribution in [0.2, 0.25) is 0 Å². The summed E-state index contributed by atoms with van der Waals surface area (Å²) in [5.41, 5.74) is 0.278. The molecule has 3 aromatic rings. The largest absolute Gasteiger partial charge is 0.507 e. The van der Waals surface area contributed by atoms with Crippen molar-refractivity contribution >= 4 is 28.8 Å². The molecule has 4 rings (SSSR count). The number of carbonyl (C=O) groups is 2. The van der Waals surface area contributed by atoms with Gasteiger partial charge in [-0.1, -0.05) is 18.2 Å². The minimum Gasteiger partial charge on any atom is -0.507 e. The van der Waals surface area contributed by atoms with Gasteiger partial charge in [-0.25, -0.2) is 0 Å². The zero-order chi connectivity index (χ0) is 24.6. The van der Waals surface area contributed by atoms with Crippen molar-refractivity contribution < 1.29 is 27.9 Å². The number of halogens is 3. The number of aliphatic hydroxyl groups is 1. The van der Waals surface area contributed by atoms with E-state index in [1.165, 1.54) is 36.7 Å². The lowest BCUT2D eigenvalue weighted by Crippen LogP contribution is -2.29. The van der Waals surface area contributed by atoms with Crippen LogP contribution in [0.1, 0.15) is 22.7 Å². The van der Waals surface area contributed by atoms with Crippen molar-refractivity contribution in [3.8, 4) is 0 Å². The summed E-state index contributed by atoms with van der Waals surface area (Å²) in [5, 5.41) is 11.0. The molecule has 0 bridgehead atoms. The first-order valence-corrected chi connectivity index (χ1v) is 10.3. The fourth-order valence-corrected chi connectivity index (χ4v) is 3.87. The third-order valence-corrected chi connectivity index (χ3v) is 5.58. The molecule has 1 aromatic heterocycles. The summed E-state index contributed by atoms with van der Waals surface area (Å²) >= 11 is 0. The van der Waals surface area contributed by atoms with Gasteiger partial charge in [-0.15, -0.1) is 0 Å². The predicted molar refractivity (Wildman–Crippen MR) is 121 cm³/mol. The van der Waals surface area contributed by atoms with Gasteiger partial charge in [0.2, 0.25) is 0 Å². The second kappa shape index (κ2) is 8.66. The molecule has 2 aromatic carbocycles. The highest BCUT2D eigenvalue weighted by atomic mass is 19.4. The number of nitrogens with zero attached hydrogens (tertiary/aromatic N) is 3. The van der Waals surface area contributed by atoms with Crippen molar-refractivity contribution in [3.05, 3.63) is 95.3 Å². The molecule has 0 radical (unpaired) electrons. The average molecular weight is 467 g/mol. The first-order valence-electron chi connectivity index (χ1n) is 10.3. The summed E-state index contributed by atoms with van der Waals surface area (Å²) in [4.78, 5) is 32.9. The summed E-state index contributed by atoms with van der Waals surface area (Å²) < 4.78 is 40.1. The lowest BCUT2D eigenvalue weighted by molar-refractivity contribution is -0.137. The molecule has 1 saturated heterocycles. The Hall–Kier alpha value is -4.14. The van der Waals surface area contributed by atoms with Crippen LogP contribution in [-0.4, -0.2) is 35.9 Å². The summed E-state index contributed by atoms with van der Waals surface area (Å²) in [6, 6.07) is 12.9. The Morgan fingerprint density at radius 2 is 1.65 bits per heavy atom. The van der Waals surface area contributed by atoms with Crippen LogP contribution in [0, 0.1) is 0 Å². The molecule has 2 heterocycles. The highest BCUT2D eigenvalue weighted by Gasteiger charge is 2.47. The van der Waals surface area contributed by atoms with Crippen LogP contribution in [0.3, 0.4) is 0 Å². The van der Waals surface area contributed by atoms with Gasteiger partial charge in [-0.05, 0) is 48.0 Å². The average Bonchev–Trinajstić information content (AvgIpc) is 3.09. The van der Waals surface area contributed by atoms with Gasteiger partial charge < -0.3 is 10.0 Å². The van der Waals surface area contributed by atoms with Gasteiger partial charge in [0.1, 0.15) is 5.76 Å². The van der Waals surface area contributed by atoms with Crippen LogP contribution in [0.15, 0.2) is 78.6 Å². The number of benzene rings is 2. The fraction of sp³-hybridized carbons (Fsp3) is 0.160. The number of ketones is 1. The molecule has 34 heavy (non-hydrogen) atoms. The van der Waals surface area contributed by atoms with E-state index in [4.69, 9.17) is 0 Å². The lowest BCUT2D eigenvalue weighted by atomic mass is 9.95. The zero-order valence-electron chi connectivity index (χ0n) is 18.2. The van der Waals surface area contributed by atoms with E-state index < -0.39 is 35.2 Å². The van der Waals surface area contributed by atoms with Crippen LogP contribution in [0.25, 0.3) is 5.76 Å². The first-order chi connectivity index (χ1) is 16.1. The molecule has 0 spiro atoms. The topological polar surface area (TPSA) is 73.7 Å². The third kappa shape index (κ3) is 4.12. The number of hydrogen-bond donors (Lipinski definition) is 1. The Balaban J connectivity index is 1.93. The van der Waals surface area contributed by atoms with E-state index in [0.29, 0.717) is 5.56 Å². The molecule has 1 aliphatic heterocycles. The Labute approximate surface area is 193 Å². The molecule has 1 amide bonds. The van der Waals surface area contributed by atoms with Gasteiger partial charge in [0.25, 0.3) is 11.7 Å². The van der Waals surface area contributed by atoms with E-state index >= 15 is 0 Å². The number of aromatic nitrogens is 1. The molecular weight excluding hydrogens is 447 g/mol. The maximum atomic E-state index is 13.4. The molecule has 1 aliphatic rings. The number of alkyl halides is 3. The van der Waals surface area contributed by atoms with Crippen molar-refractivity contribution in [2.75, 3.05) is 23.9 Å². The third-order valence-electron chi connectivity index (χ3n) is 5.58. The minimum absolute atomic E-state index is 0.104. The lowest BCUT2D eigenvalue weighted by Gasteiger charge is -2.26. The van der Waals surface area contributed by atoms with Gasteiger partial charge in [-0.2, -0.15) is 13.2 Å². The Morgan fingerprint density at radius 3 is 2.24 bits per heavy atom. The summed E-state index contributed by atoms with van der Waals surface area (Å²) in [6.07, 6.45) is -1.80. The van der Waals surface area contributed by atoms with Gasteiger partial charge in [-0.3, -0.25) is 19.5 Å². The fourth-order valence-electron chi connectivity index (χ4n) is 3.87. The number of Topliss-reactive ketones (excluding diaryl/α,β-unsaturated/α-hetero) is 1. The molecule has 1 N–H and O–H groups in total. The van der Waals surface area contributed by atoms with E-state index in [0.717, 1.165) is 22.7 Å². The number of amides is 1. The second-order valence-corrected chi connectivity index (χ2v) is 7.94. The smallest absolute Gasteiger partial charge is 0.416 e. The predicted octanol–water partition coefficient (Wildman–Crippen LogP) is 4.79. The van der Waals surface area contributed by atoms with Gasteiger partial charge in [0, 0.05) is 43.4 Å². The van der Waals surface area contributed by atoms with E-state index in [2.05, 4.69) is 4.98 Å². The van der Waals surface area contributed by atoms with Crippen LogP contribution in [0.4, 0.5) is 24.5 Å². The molecule has 1 fully saturated rings. The minimum atomic E-state index is -4.64. The maximum Gasteiger partial charge on any atom is 0.416 e. The molecule has 1 unspecified atom stereocenters. The van der Waals surface area contributed by atoms with Crippen molar-refractivity contribution in [2.24, 2.45) is 0 Å². The Bertz CT molecular complexity index is 1270. The quantitative estimate of drug-likeness (QED) is 0.339. The highest BCUT2D eigenvalue weighted by molar-refractivity contribution is 6.51. The SMILES string of the molecule is CN(C)c1ccc(C2/C(=C(\O)c3ccncc3)C(=O)C(=O)N2c2cccc(C(F)(F)F)c2)cc1. The first kappa shape index (κ1) is 23.0. The number of carbonyl (C=O) groups excluding carboxylic acids is 2. The summed E-state index contributed by atoms with van der Waals surface area (Å²) in [7, 11) is 3.68. The normalized spacial score (nSPS) is 17.8. The number of rotatable bonds is 4. The van der Waals surface area contributed by atoms with Crippen LogP contribution < -0.4 is 9.80 Å². The molecule has 0 aliphatic carbocycles. The summed E-state index contributed by atoms with van der Waals surface area (Å²) in [5.74, 6) is -2.46. The van der Waals surface area contributed by atoms with Crippen molar-refractivity contribution in [3.63, 3.8) is 0 Å². The van der Waals surface area contributed by atoms with E-state index in [1.807, 2.05) is 19.0 Å².